The molecule has 0 aliphatic carbocycles. The van der Waals surface area contributed by atoms with Crippen molar-refractivity contribution in [3.8, 4) is 0 Å². The number of hydrogen-bond donors (Lipinski definition) is 2. The number of fused-ring (bicyclic) bond motifs is 1. The van der Waals surface area contributed by atoms with Crippen molar-refractivity contribution in [3.05, 3.63) is 45.9 Å². The van der Waals surface area contributed by atoms with E-state index in [1.807, 2.05) is 12.1 Å². The summed E-state index contributed by atoms with van der Waals surface area (Å²) in [5, 5.41) is 0.719. The highest BCUT2D eigenvalue weighted by molar-refractivity contribution is 5.94. The Kier molecular flexibility index (Phi) is 4.65. The lowest BCUT2D eigenvalue weighted by Gasteiger charge is -2.11. The molecular weight excluding hydrogens is 268 g/mol. The van der Waals surface area contributed by atoms with Gasteiger partial charge in [0.05, 0.1) is 11.3 Å². The van der Waals surface area contributed by atoms with Gasteiger partial charge in [-0.05, 0) is 37.5 Å². The third kappa shape index (κ3) is 3.08. The molecule has 0 atom stereocenters. The number of allylic oxidation sites excluding steroid dienone is 2. The SMILES string of the molecule is COCCC/C(N)=C(\C)c1c(N)c2ccccc2oc1=O. The Morgan fingerprint density at radius 1 is 1.33 bits per heavy atom. The summed E-state index contributed by atoms with van der Waals surface area (Å²) in [6, 6.07) is 7.19. The first-order valence-electron chi connectivity index (χ1n) is 6.82. The van der Waals surface area contributed by atoms with E-state index < -0.39 is 5.63 Å². The Morgan fingerprint density at radius 2 is 2.05 bits per heavy atom. The van der Waals surface area contributed by atoms with Crippen LogP contribution < -0.4 is 17.1 Å². The Balaban J connectivity index is 2.50. The van der Waals surface area contributed by atoms with E-state index in [0.717, 1.165) is 11.8 Å². The lowest BCUT2D eigenvalue weighted by molar-refractivity contribution is 0.195. The highest BCUT2D eigenvalue weighted by Gasteiger charge is 2.15. The lowest BCUT2D eigenvalue weighted by atomic mass is 10.0. The van der Waals surface area contributed by atoms with Crippen LogP contribution >= 0.6 is 0 Å². The standard InChI is InChI=1S/C16H20N2O3/c1-10(12(17)7-5-9-20-2)14-15(18)11-6-3-4-8-13(11)21-16(14)19/h3-4,6,8H,5,7,9,17-18H2,1-2H3/b12-10-. The van der Waals surface area contributed by atoms with Crippen LogP contribution in [-0.4, -0.2) is 13.7 Å². The van der Waals surface area contributed by atoms with Crippen LogP contribution in [0.4, 0.5) is 5.69 Å². The maximum absolute atomic E-state index is 12.2. The molecule has 0 saturated heterocycles. The quantitative estimate of drug-likeness (QED) is 0.651. The molecule has 5 heteroatoms. The Hall–Kier alpha value is -2.27. The Morgan fingerprint density at radius 3 is 2.76 bits per heavy atom. The maximum Gasteiger partial charge on any atom is 0.346 e. The number of nitrogens with two attached hydrogens (primary N) is 2. The summed E-state index contributed by atoms with van der Waals surface area (Å²) in [5.41, 5.74) is 14.3. The van der Waals surface area contributed by atoms with E-state index in [4.69, 9.17) is 20.6 Å². The van der Waals surface area contributed by atoms with E-state index in [2.05, 4.69) is 0 Å². The molecule has 0 saturated carbocycles. The number of hydrogen-bond acceptors (Lipinski definition) is 5. The molecule has 1 aromatic heterocycles. The molecule has 2 aromatic rings. The second kappa shape index (κ2) is 6.45. The Labute approximate surface area is 123 Å². The van der Waals surface area contributed by atoms with Crippen LogP contribution in [0.1, 0.15) is 25.3 Å². The first-order chi connectivity index (χ1) is 10.1. The monoisotopic (exact) mass is 288 g/mol. The van der Waals surface area contributed by atoms with Gasteiger partial charge in [-0.1, -0.05) is 12.1 Å². The molecule has 1 aromatic carbocycles. The molecule has 0 aliphatic heterocycles. The van der Waals surface area contributed by atoms with Crippen molar-refractivity contribution in [1.82, 2.24) is 0 Å². The highest BCUT2D eigenvalue weighted by atomic mass is 16.5. The summed E-state index contributed by atoms with van der Waals surface area (Å²) in [6.45, 7) is 2.41. The molecule has 0 fully saturated rings. The van der Waals surface area contributed by atoms with E-state index >= 15 is 0 Å². The summed E-state index contributed by atoms with van der Waals surface area (Å²) in [7, 11) is 1.64. The maximum atomic E-state index is 12.2. The largest absolute Gasteiger partial charge is 0.422 e. The molecule has 4 N–H and O–H groups in total. The van der Waals surface area contributed by atoms with E-state index in [1.165, 1.54) is 0 Å². The van der Waals surface area contributed by atoms with Crippen molar-refractivity contribution < 1.29 is 9.15 Å². The van der Waals surface area contributed by atoms with Gasteiger partial charge in [0.25, 0.3) is 0 Å². The minimum Gasteiger partial charge on any atom is -0.422 e. The second-order valence-corrected chi connectivity index (χ2v) is 4.92. The average molecular weight is 288 g/mol. The van der Waals surface area contributed by atoms with Gasteiger partial charge in [-0.3, -0.25) is 0 Å². The zero-order valence-corrected chi connectivity index (χ0v) is 12.3. The van der Waals surface area contributed by atoms with Gasteiger partial charge in [0.15, 0.2) is 0 Å². The summed E-state index contributed by atoms with van der Waals surface area (Å²) in [6.07, 6.45) is 1.43. The van der Waals surface area contributed by atoms with Crippen molar-refractivity contribution in [2.45, 2.75) is 19.8 Å². The minimum atomic E-state index is -0.460. The molecule has 1 heterocycles. The third-order valence-corrected chi connectivity index (χ3v) is 3.50. The molecule has 0 unspecified atom stereocenters. The average Bonchev–Trinajstić information content (AvgIpc) is 2.47. The molecule has 0 radical (unpaired) electrons. The van der Waals surface area contributed by atoms with E-state index in [9.17, 15) is 4.79 Å². The smallest absolute Gasteiger partial charge is 0.346 e. The Bertz CT molecular complexity index is 732. The van der Waals surface area contributed by atoms with E-state index in [1.54, 1.807) is 26.2 Å². The van der Waals surface area contributed by atoms with Crippen molar-refractivity contribution >= 4 is 22.2 Å². The zero-order chi connectivity index (χ0) is 15.4. The topological polar surface area (TPSA) is 91.5 Å². The normalized spacial score (nSPS) is 12.5. The number of ether oxygens (including phenoxy) is 1. The zero-order valence-electron chi connectivity index (χ0n) is 12.3. The fourth-order valence-corrected chi connectivity index (χ4v) is 2.28. The molecule has 0 spiro atoms. The van der Waals surface area contributed by atoms with Crippen LogP contribution in [0, 0.1) is 0 Å². The molecule has 21 heavy (non-hydrogen) atoms. The molecule has 5 nitrogen and oxygen atoms in total. The molecule has 0 amide bonds. The van der Waals surface area contributed by atoms with Crippen LogP contribution in [0.25, 0.3) is 16.5 Å². The summed E-state index contributed by atoms with van der Waals surface area (Å²) in [5.74, 6) is 0. The van der Waals surface area contributed by atoms with Crippen LogP contribution in [0.2, 0.25) is 0 Å². The van der Waals surface area contributed by atoms with Crippen LogP contribution in [-0.2, 0) is 4.74 Å². The van der Waals surface area contributed by atoms with Crippen LogP contribution in [0.3, 0.4) is 0 Å². The fraction of sp³-hybridized carbons (Fsp3) is 0.312. The summed E-state index contributed by atoms with van der Waals surface area (Å²) >= 11 is 0. The first-order valence-corrected chi connectivity index (χ1v) is 6.82. The second-order valence-electron chi connectivity index (χ2n) is 4.92. The van der Waals surface area contributed by atoms with Gasteiger partial charge in [0, 0.05) is 24.8 Å². The lowest BCUT2D eigenvalue weighted by Crippen LogP contribution is -2.13. The third-order valence-electron chi connectivity index (χ3n) is 3.50. The molecule has 112 valence electrons. The van der Waals surface area contributed by atoms with Gasteiger partial charge < -0.3 is 20.6 Å². The van der Waals surface area contributed by atoms with Gasteiger partial charge in [-0.25, -0.2) is 4.79 Å². The molecule has 0 bridgehead atoms. The predicted molar refractivity (Wildman–Crippen MR) is 84.8 cm³/mol. The highest BCUT2D eigenvalue weighted by Crippen LogP contribution is 2.27. The van der Waals surface area contributed by atoms with Crippen molar-refractivity contribution in [2.75, 3.05) is 19.5 Å². The van der Waals surface area contributed by atoms with Gasteiger partial charge in [-0.15, -0.1) is 0 Å². The number of para-hydroxylation sites is 1. The number of nitrogen functional groups attached to an aromatic ring is 1. The number of methoxy groups -OCH3 is 1. The number of rotatable bonds is 5. The van der Waals surface area contributed by atoms with Gasteiger partial charge in [-0.2, -0.15) is 0 Å². The molecular formula is C16H20N2O3. The van der Waals surface area contributed by atoms with Crippen molar-refractivity contribution in [1.29, 1.82) is 0 Å². The first kappa shape index (κ1) is 15.1. The summed E-state index contributed by atoms with van der Waals surface area (Å²) < 4.78 is 10.3. The van der Waals surface area contributed by atoms with Crippen LogP contribution in [0.15, 0.2) is 39.2 Å². The minimum absolute atomic E-state index is 0.351. The van der Waals surface area contributed by atoms with Crippen molar-refractivity contribution in [2.24, 2.45) is 5.73 Å². The van der Waals surface area contributed by atoms with Gasteiger partial charge >= 0.3 is 5.63 Å². The van der Waals surface area contributed by atoms with E-state index in [-0.39, 0.29) is 0 Å². The molecule has 0 aliphatic rings. The molecule has 2 rings (SSSR count). The van der Waals surface area contributed by atoms with Gasteiger partial charge in [0.2, 0.25) is 0 Å². The van der Waals surface area contributed by atoms with Crippen LogP contribution in [0.5, 0.6) is 0 Å². The number of anilines is 1. The predicted octanol–water partition coefficient (Wildman–Crippen LogP) is 2.49. The van der Waals surface area contributed by atoms with Gasteiger partial charge in [0.1, 0.15) is 5.58 Å². The fourth-order valence-electron chi connectivity index (χ4n) is 2.28. The van der Waals surface area contributed by atoms with Crippen molar-refractivity contribution in [3.63, 3.8) is 0 Å². The van der Waals surface area contributed by atoms with E-state index in [0.29, 0.717) is 41.1 Å². The number of benzene rings is 1. The summed E-state index contributed by atoms with van der Waals surface area (Å²) in [4.78, 5) is 12.2.